The summed E-state index contributed by atoms with van der Waals surface area (Å²) in [7, 11) is -3.82. The van der Waals surface area contributed by atoms with Gasteiger partial charge in [0, 0.05) is 21.1 Å². The first-order valence-electron chi connectivity index (χ1n) is 8.74. The van der Waals surface area contributed by atoms with Gasteiger partial charge in [-0.1, -0.05) is 78.1 Å². The molecule has 0 bridgehead atoms. The first-order chi connectivity index (χ1) is 10.1. The summed E-state index contributed by atoms with van der Waals surface area (Å²) in [4.78, 5) is 9.51. The molecule has 0 rings (SSSR count). The number of rotatable bonds is 16. The van der Waals surface area contributed by atoms with Crippen molar-refractivity contribution in [1.82, 2.24) is 0 Å². The van der Waals surface area contributed by atoms with E-state index < -0.39 is 7.82 Å². The van der Waals surface area contributed by atoms with Crippen LogP contribution < -0.4 is 0 Å². The van der Waals surface area contributed by atoms with Gasteiger partial charge in [0.25, 0.3) is 0 Å². The zero-order valence-electron chi connectivity index (χ0n) is 14.4. The molecule has 4 nitrogen and oxygen atoms in total. The predicted molar refractivity (Wildman–Crippen MR) is 88.5 cm³/mol. The van der Waals surface area contributed by atoms with Crippen LogP contribution >= 0.6 is 7.82 Å². The van der Waals surface area contributed by atoms with Crippen LogP contribution in [0.4, 0.5) is 0 Å². The van der Waals surface area contributed by atoms with Crippen molar-refractivity contribution >= 4 is 7.82 Å². The molecule has 0 saturated heterocycles. The summed E-state index contributed by atoms with van der Waals surface area (Å²) in [6, 6.07) is 0. The fourth-order valence-corrected chi connectivity index (χ4v) is 2.96. The van der Waals surface area contributed by atoms with E-state index in [1.54, 1.807) is 0 Å². The van der Waals surface area contributed by atoms with E-state index in [1.807, 2.05) is 0 Å². The monoisotopic (exact) mass is 420 g/mol. The number of phosphoric acid groups is 1. The number of phosphoric ester groups is 1. The van der Waals surface area contributed by atoms with Gasteiger partial charge in [-0.05, 0) is 12.8 Å². The van der Waals surface area contributed by atoms with E-state index in [1.165, 1.54) is 51.4 Å². The van der Waals surface area contributed by atoms with Crippen molar-refractivity contribution in [3.63, 3.8) is 0 Å². The first-order valence-corrected chi connectivity index (χ1v) is 10.2. The summed E-state index contributed by atoms with van der Waals surface area (Å²) in [5.41, 5.74) is 0. The van der Waals surface area contributed by atoms with Crippen molar-refractivity contribution in [2.24, 2.45) is 0 Å². The Kier molecular flexibility index (Phi) is 20.7. The van der Waals surface area contributed by atoms with Crippen LogP contribution in [-0.2, 0) is 34.7 Å². The molecule has 6 heteroatoms. The molecule has 0 aromatic rings. The molecule has 0 heterocycles. The molecule has 0 aliphatic rings. The van der Waals surface area contributed by atoms with Crippen molar-refractivity contribution in [1.29, 1.82) is 0 Å². The summed E-state index contributed by atoms with van der Waals surface area (Å²) in [6.45, 7) is 5.01. The van der Waals surface area contributed by atoms with Crippen LogP contribution in [0.5, 0.6) is 0 Å². The fourth-order valence-electron chi connectivity index (χ4n) is 2.16. The normalized spacial score (nSPS) is 11.4. The summed E-state index contributed by atoms with van der Waals surface area (Å²) >= 11 is 0. The Morgan fingerprint density at radius 2 is 1.00 bits per heavy atom. The smallest absolute Gasteiger partial charge is 0.302 e. The summed E-state index contributed by atoms with van der Waals surface area (Å²) in [6.07, 6.45) is 13.6. The molecule has 0 radical (unpaired) electrons. The second-order valence-corrected chi connectivity index (χ2v) is 7.12. The molecule has 0 aliphatic carbocycles. The number of hydrogen-bond acceptors (Lipinski definition) is 3. The molecule has 22 heavy (non-hydrogen) atoms. The standard InChI is InChI=1S/C16H35O4P.Mo/c1-3-5-7-9-11-13-15-19-21(17,18)20-16-14-12-10-8-6-4-2;/h3-16H2,1-2H3,(H,17,18);. The molecule has 1 N–H and O–H groups in total. The van der Waals surface area contributed by atoms with E-state index >= 15 is 0 Å². The molecule has 0 unspecified atom stereocenters. The molecule has 0 aromatic heterocycles. The van der Waals surface area contributed by atoms with E-state index in [2.05, 4.69) is 13.8 Å². The average Bonchev–Trinajstić information content (AvgIpc) is 2.45. The van der Waals surface area contributed by atoms with Gasteiger partial charge in [0.15, 0.2) is 0 Å². The van der Waals surface area contributed by atoms with Crippen LogP contribution in [0, 0.1) is 0 Å². The Balaban J connectivity index is 0. The van der Waals surface area contributed by atoms with Gasteiger partial charge in [-0.2, -0.15) is 0 Å². The Bertz CT molecular complexity index is 243. The topological polar surface area (TPSA) is 55.8 Å². The van der Waals surface area contributed by atoms with E-state index in [0.29, 0.717) is 13.2 Å². The molecule has 0 aromatic carbocycles. The maximum absolute atomic E-state index is 11.6. The van der Waals surface area contributed by atoms with Crippen molar-refractivity contribution in [2.45, 2.75) is 90.9 Å². The van der Waals surface area contributed by atoms with Crippen molar-refractivity contribution in [3.05, 3.63) is 0 Å². The molecule has 134 valence electrons. The first kappa shape index (κ1) is 25.0. The van der Waals surface area contributed by atoms with Crippen LogP contribution in [0.1, 0.15) is 90.9 Å². The number of unbranched alkanes of at least 4 members (excludes halogenated alkanes) is 10. The third-order valence-electron chi connectivity index (χ3n) is 3.50. The minimum atomic E-state index is -3.82. The second kappa shape index (κ2) is 18.1. The average molecular weight is 418 g/mol. The molecule has 0 aliphatic heterocycles. The van der Waals surface area contributed by atoms with E-state index in [4.69, 9.17) is 9.05 Å². The van der Waals surface area contributed by atoms with Gasteiger partial charge in [-0.25, -0.2) is 4.57 Å². The van der Waals surface area contributed by atoms with Gasteiger partial charge in [0.05, 0.1) is 13.2 Å². The van der Waals surface area contributed by atoms with E-state index in [-0.39, 0.29) is 21.1 Å². The Labute approximate surface area is 151 Å². The van der Waals surface area contributed by atoms with Gasteiger partial charge >= 0.3 is 7.82 Å². The molecular weight excluding hydrogens is 383 g/mol. The molecular formula is C16H35MoO4P. The van der Waals surface area contributed by atoms with E-state index in [9.17, 15) is 9.46 Å². The van der Waals surface area contributed by atoms with Crippen LogP contribution in [-0.4, -0.2) is 18.1 Å². The largest absolute Gasteiger partial charge is 0.472 e. The maximum atomic E-state index is 11.6. The number of hydrogen-bond donors (Lipinski definition) is 1. The van der Waals surface area contributed by atoms with E-state index in [0.717, 1.165) is 25.7 Å². The quantitative estimate of drug-likeness (QED) is 0.194. The van der Waals surface area contributed by atoms with Gasteiger partial charge < -0.3 is 4.89 Å². The van der Waals surface area contributed by atoms with Gasteiger partial charge in [0.2, 0.25) is 0 Å². The van der Waals surface area contributed by atoms with Crippen LogP contribution in [0.2, 0.25) is 0 Å². The third kappa shape index (κ3) is 18.8. The molecule has 0 saturated carbocycles. The third-order valence-corrected chi connectivity index (χ3v) is 4.52. The van der Waals surface area contributed by atoms with Gasteiger partial charge in [-0.3, -0.25) is 9.05 Å². The zero-order valence-corrected chi connectivity index (χ0v) is 17.3. The Hall–Kier alpha value is 0.798. The molecule has 0 spiro atoms. The summed E-state index contributed by atoms with van der Waals surface area (Å²) in [5.74, 6) is 0. The second-order valence-electron chi connectivity index (χ2n) is 5.67. The fraction of sp³-hybridized carbons (Fsp3) is 1.00. The van der Waals surface area contributed by atoms with Crippen molar-refractivity contribution in [3.8, 4) is 0 Å². The van der Waals surface area contributed by atoms with Gasteiger partial charge in [0.1, 0.15) is 0 Å². The van der Waals surface area contributed by atoms with Crippen LogP contribution in [0.25, 0.3) is 0 Å². The Morgan fingerprint density at radius 1 is 0.682 bits per heavy atom. The maximum Gasteiger partial charge on any atom is 0.472 e. The predicted octanol–water partition coefficient (Wildman–Crippen LogP) is 5.84. The SMILES string of the molecule is CCCCCCCCOP(=O)(O)OCCCCCCCC.[Mo]. The molecule has 0 fully saturated rings. The summed E-state index contributed by atoms with van der Waals surface area (Å²) in [5, 5.41) is 0. The van der Waals surface area contributed by atoms with Gasteiger partial charge in [-0.15, -0.1) is 0 Å². The minimum absolute atomic E-state index is 0. The van der Waals surface area contributed by atoms with Crippen LogP contribution in [0.15, 0.2) is 0 Å². The summed E-state index contributed by atoms with van der Waals surface area (Å²) < 4.78 is 21.5. The van der Waals surface area contributed by atoms with Crippen molar-refractivity contribution in [2.75, 3.05) is 13.2 Å². The molecule has 0 atom stereocenters. The Morgan fingerprint density at radius 3 is 1.36 bits per heavy atom. The molecule has 0 amide bonds. The minimum Gasteiger partial charge on any atom is -0.302 e. The van der Waals surface area contributed by atoms with Crippen molar-refractivity contribution < 1.29 is 39.6 Å². The van der Waals surface area contributed by atoms with Crippen LogP contribution in [0.3, 0.4) is 0 Å². The zero-order chi connectivity index (χ0) is 15.8.